The molecule has 1 amide bonds. The van der Waals surface area contributed by atoms with E-state index < -0.39 is 5.97 Å². The van der Waals surface area contributed by atoms with Crippen molar-refractivity contribution in [1.82, 2.24) is 0 Å². The van der Waals surface area contributed by atoms with E-state index in [9.17, 15) is 9.59 Å². The Morgan fingerprint density at radius 1 is 0.960 bits per heavy atom. The van der Waals surface area contributed by atoms with E-state index in [1.165, 1.54) is 12.0 Å². The van der Waals surface area contributed by atoms with Gasteiger partial charge in [-0.25, -0.2) is 0 Å². The average molecular weight is 343 g/mol. The Morgan fingerprint density at radius 2 is 1.64 bits per heavy atom. The maximum absolute atomic E-state index is 12.1. The van der Waals surface area contributed by atoms with E-state index in [1.54, 1.807) is 32.4 Å². The van der Waals surface area contributed by atoms with Gasteiger partial charge in [-0.3, -0.25) is 9.59 Å². The second-order valence-electron chi connectivity index (χ2n) is 5.32. The Balaban J connectivity index is 1.89. The molecular formula is C19H21NO5. The first-order valence-electron chi connectivity index (χ1n) is 7.73. The Kier molecular flexibility index (Phi) is 6.39. The van der Waals surface area contributed by atoms with E-state index in [2.05, 4.69) is 0 Å². The number of hydrogen-bond acceptors (Lipinski definition) is 5. The van der Waals surface area contributed by atoms with Crippen molar-refractivity contribution < 1.29 is 23.8 Å². The first kappa shape index (κ1) is 18.3. The number of methoxy groups -OCH3 is 2. The van der Waals surface area contributed by atoms with Gasteiger partial charge in [-0.15, -0.1) is 0 Å². The van der Waals surface area contributed by atoms with Gasteiger partial charge in [0.05, 0.1) is 20.6 Å². The molecule has 6 heteroatoms. The van der Waals surface area contributed by atoms with Crippen LogP contribution in [0.4, 0.5) is 5.69 Å². The van der Waals surface area contributed by atoms with Crippen molar-refractivity contribution in [2.75, 3.05) is 32.8 Å². The molecule has 0 radical (unpaired) electrons. The van der Waals surface area contributed by atoms with Crippen LogP contribution >= 0.6 is 0 Å². The van der Waals surface area contributed by atoms with Crippen LogP contribution in [0.3, 0.4) is 0 Å². The van der Waals surface area contributed by atoms with Gasteiger partial charge in [0, 0.05) is 12.7 Å². The highest BCUT2D eigenvalue weighted by molar-refractivity contribution is 5.94. The normalized spacial score (nSPS) is 10.0. The number of para-hydroxylation sites is 1. The second-order valence-corrected chi connectivity index (χ2v) is 5.32. The quantitative estimate of drug-likeness (QED) is 0.723. The minimum Gasteiger partial charge on any atom is -0.493 e. The summed E-state index contributed by atoms with van der Waals surface area (Å²) in [6, 6.07) is 14.3. The van der Waals surface area contributed by atoms with Crippen molar-refractivity contribution in [3.8, 4) is 11.5 Å². The first-order valence-corrected chi connectivity index (χ1v) is 7.73. The first-order chi connectivity index (χ1) is 12.0. The fourth-order valence-electron chi connectivity index (χ4n) is 2.24. The Hall–Kier alpha value is -3.02. The minimum absolute atomic E-state index is 0.0443. The molecule has 0 spiro atoms. The predicted octanol–water partition coefficient (Wildman–Crippen LogP) is 2.45. The van der Waals surface area contributed by atoms with E-state index in [0.29, 0.717) is 17.1 Å². The van der Waals surface area contributed by atoms with Gasteiger partial charge in [-0.2, -0.15) is 0 Å². The highest BCUT2D eigenvalue weighted by atomic mass is 16.5. The zero-order chi connectivity index (χ0) is 18.2. The SMILES string of the molecule is COc1ccc(CC(=O)OCC(=O)N(C)c2ccccc2)cc1OC. The van der Waals surface area contributed by atoms with Crippen LogP contribution in [0.15, 0.2) is 48.5 Å². The van der Waals surface area contributed by atoms with E-state index in [-0.39, 0.29) is 18.9 Å². The fourth-order valence-corrected chi connectivity index (χ4v) is 2.24. The number of amides is 1. The lowest BCUT2D eigenvalue weighted by atomic mass is 10.1. The topological polar surface area (TPSA) is 65.1 Å². The molecule has 0 saturated carbocycles. The fraction of sp³-hybridized carbons (Fsp3) is 0.263. The van der Waals surface area contributed by atoms with Crippen molar-refractivity contribution in [3.05, 3.63) is 54.1 Å². The molecule has 0 N–H and O–H groups in total. The van der Waals surface area contributed by atoms with Gasteiger partial charge in [-0.1, -0.05) is 24.3 Å². The monoisotopic (exact) mass is 343 g/mol. The van der Waals surface area contributed by atoms with Crippen molar-refractivity contribution in [1.29, 1.82) is 0 Å². The second kappa shape index (κ2) is 8.73. The van der Waals surface area contributed by atoms with E-state index in [1.807, 2.05) is 30.3 Å². The highest BCUT2D eigenvalue weighted by Gasteiger charge is 2.14. The summed E-state index contributed by atoms with van der Waals surface area (Å²) < 4.78 is 15.4. The lowest BCUT2D eigenvalue weighted by molar-refractivity contribution is -0.147. The standard InChI is InChI=1S/C19H21NO5/c1-20(15-7-5-4-6-8-15)18(21)13-25-19(22)12-14-9-10-16(23-2)17(11-14)24-3/h4-11H,12-13H2,1-3H3. The molecule has 0 fully saturated rings. The van der Waals surface area contributed by atoms with Crippen LogP contribution in [0.2, 0.25) is 0 Å². The molecular weight excluding hydrogens is 322 g/mol. The van der Waals surface area contributed by atoms with Crippen LogP contribution in [-0.4, -0.2) is 39.8 Å². The van der Waals surface area contributed by atoms with E-state index in [4.69, 9.17) is 14.2 Å². The Bertz CT molecular complexity index is 730. The summed E-state index contributed by atoms with van der Waals surface area (Å²) >= 11 is 0. The summed E-state index contributed by atoms with van der Waals surface area (Å²) in [4.78, 5) is 25.5. The Morgan fingerprint density at radius 3 is 2.28 bits per heavy atom. The molecule has 2 rings (SSSR count). The molecule has 6 nitrogen and oxygen atoms in total. The number of likely N-dealkylation sites (N-methyl/N-ethyl adjacent to an activating group) is 1. The van der Waals surface area contributed by atoms with Gasteiger partial charge < -0.3 is 19.1 Å². The molecule has 0 bridgehead atoms. The summed E-state index contributed by atoms with van der Waals surface area (Å²) in [6.45, 7) is -0.308. The molecule has 25 heavy (non-hydrogen) atoms. The molecule has 2 aromatic rings. The summed E-state index contributed by atoms with van der Waals surface area (Å²) in [5, 5.41) is 0. The third kappa shape index (κ3) is 4.97. The maximum Gasteiger partial charge on any atom is 0.310 e. The van der Waals surface area contributed by atoms with Crippen molar-refractivity contribution in [3.63, 3.8) is 0 Å². The molecule has 2 aromatic carbocycles. The largest absolute Gasteiger partial charge is 0.493 e. The minimum atomic E-state index is -0.484. The summed E-state index contributed by atoms with van der Waals surface area (Å²) in [7, 11) is 4.71. The van der Waals surface area contributed by atoms with Crippen molar-refractivity contribution in [2.45, 2.75) is 6.42 Å². The number of anilines is 1. The summed E-state index contributed by atoms with van der Waals surface area (Å²) in [5.41, 5.74) is 1.45. The molecule has 0 unspecified atom stereocenters. The Labute approximate surface area is 146 Å². The van der Waals surface area contributed by atoms with Crippen molar-refractivity contribution in [2.24, 2.45) is 0 Å². The lowest BCUT2D eigenvalue weighted by Gasteiger charge is -2.17. The van der Waals surface area contributed by atoms with Gasteiger partial charge >= 0.3 is 5.97 Å². The molecule has 0 saturated heterocycles. The maximum atomic E-state index is 12.1. The number of carbonyl (C=O) groups is 2. The zero-order valence-electron chi connectivity index (χ0n) is 14.5. The van der Waals surface area contributed by atoms with Crippen LogP contribution in [0.5, 0.6) is 11.5 Å². The molecule has 0 atom stereocenters. The molecule has 0 aliphatic carbocycles. The number of esters is 1. The summed E-state index contributed by atoms with van der Waals surface area (Å²) in [5.74, 6) is 0.334. The van der Waals surface area contributed by atoms with Crippen molar-refractivity contribution >= 4 is 17.6 Å². The third-order valence-electron chi connectivity index (χ3n) is 3.67. The van der Waals surface area contributed by atoms with Crippen LogP contribution in [0, 0.1) is 0 Å². The third-order valence-corrected chi connectivity index (χ3v) is 3.67. The van der Waals surface area contributed by atoms with Crippen LogP contribution in [0.25, 0.3) is 0 Å². The van der Waals surface area contributed by atoms with Crippen LogP contribution in [-0.2, 0) is 20.7 Å². The van der Waals surface area contributed by atoms with Gasteiger partial charge in [0.1, 0.15) is 0 Å². The van der Waals surface area contributed by atoms with E-state index >= 15 is 0 Å². The lowest BCUT2D eigenvalue weighted by Crippen LogP contribution is -2.31. The van der Waals surface area contributed by atoms with Gasteiger partial charge in [0.15, 0.2) is 18.1 Å². The molecule has 0 heterocycles. The number of rotatable bonds is 7. The van der Waals surface area contributed by atoms with Gasteiger partial charge in [-0.05, 0) is 29.8 Å². The molecule has 0 aliphatic rings. The number of carbonyl (C=O) groups excluding carboxylic acids is 2. The zero-order valence-corrected chi connectivity index (χ0v) is 14.5. The molecule has 132 valence electrons. The number of nitrogens with zero attached hydrogens (tertiary/aromatic N) is 1. The number of hydrogen-bond donors (Lipinski definition) is 0. The van der Waals surface area contributed by atoms with Gasteiger partial charge in [0.2, 0.25) is 0 Å². The molecule has 0 aromatic heterocycles. The van der Waals surface area contributed by atoms with Crippen LogP contribution in [0.1, 0.15) is 5.56 Å². The van der Waals surface area contributed by atoms with Crippen LogP contribution < -0.4 is 14.4 Å². The number of benzene rings is 2. The van der Waals surface area contributed by atoms with Gasteiger partial charge in [0.25, 0.3) is 5.91 Å². The van der Waals surface area contributed by atoms with E-state index in [0.717, 1.165) is 5.69 Å². The molecule has 0 aliphatic heterocycles. The number of ether oxygens (including phenoxy) is 3. The predicted molar refractivity (Wildman–Crippen MR) is 94.1 cm³/mol. The highest BCUT2D eigenvalue weighted by Crippen LogP contribution is 2.27. The smallest absolute Gasteiger partial charge is 0.310 e. The average Bonchev–Trinajstić information content (AvgIpc) is 2.66. The summed E-state index contributed by atoms with van der Waals surface area (Å²) in [6.07, 6.45) is 0.0443.